The Kier molecular flexibility index (Phi) is 52.7. The van der Waals surface area contributed by atoms with Crippen LogP contribution in [0.4, 0.5) is 0 Å². The van der Waals surface area contributed by atoms with Gasteiger partial charge < -0.3 is 14.2 Å². The normalized spacial score (nSPS) is 12.1. The molecule has 0 N–H and O–H groups in total. The standard InChI is InChI=1S/C59H110O6/c1-4-7-10-13-15-17-19-21-23-25-27-29-31-33-35-37-39-41-43-46-49-52-58(61)64-55-56(54-63-57(60)51-48-45-12-9-6-3)65-59(62)53-50-47-44-42-40-38-36-34-32-30-28-26-24-22-20-18-16-14-11-8-5-2/h19,21,25,27,56H,4-18,20,22-24,26,28-55H2,1-3H3/b21-19-,27-25-. The Hall–Kier alpha value is -2.11. The van der Waals surface area contributed by atoms with Gasteiger partial charge in [-0.15, -0.1) is 0 Å². The Morgan fingerprint density at radius 3 is 0.846 bits per heavy atom. The lowest BCUT2D eigenvalue weighted by Gasteiger charge is -2.18. The molecule has 65 heavy (non-hydrogen) atoms. The molecule has 6 heteroatoms. The van der Waals surface area contributed by atoms with Gasteiger partial charge in [0.2, 0.25) is 0 Å². The van der Waals surface area contributed by atoms with E-state index in [-0.39, 0.29) is 31.1 Å². The molecule has 0 aromatic rings. The minimum atomic E-state index is -0.765. The third-order valence-electron chi connectivity index (χ3n) is 13.0. The molecule has 0 bridgehead atoms. The van der Waals surface area contributed by atoms with Crippen LogP contribution in [0.2, 0.25) is 0 Å². The maximum Gasteiger partial charge on any atom is 0.306 e. The zero-order valence-electron chi connectivity index (χ0n) is 43.8. The molecule has 6 nitrogen and oxygen atoms in total. The summed E-state index contributed by atoms with van der Waals surface area (Å²) in [6.07, 6.45) is 63.6. The second kappa shape index (κ2) is 54.5. The number of hydrogen-bond donors (Lipinski definition) is 0. The van der Waals surface area contributed by atoms with Crippen LogP contribution in [0.25, 0.3) is 0 Å². The van der Waals surface area contributed by atoms with Gasteiger partial charge in [-0.2, -0.15) is 0 Å². The average Bonchev–Trinajstić information content (AvgIpc) is 3.30. The number of carbonyl (C=O) groups excluding carboxylic acids is 3. The zero-order chi connectivity index (χ0) is 47.2. The summed E-state index contributed by atoms with van der Waals surface area (Å²) in [4.78, 5) is 37.8. The Morgan fingerprint density at radius 2 is 0.554 bits per heavy atom. The van der Waals surface area contributed by atoms with Gasteiger partial charge in [-0.25, -0.2) is 0 Å². The number of carbonyl (C=O) groups is 3. The molecule has 0 radical (unpaired) electrons. The molecule has 1 atom stereocenters. The van der Waals surface area contributed by atoms with Crippen molar-refractivity contribution in [2.45, 2.75) is 322 Å². The van der Waals surface area contributed by atoms with Crippen LogP contribution in [0, 0.1) is 0 Å². The third-order valence-corrected chi connectivity index (χ3v) is 13.0. The molecular weight excluding hydrogens is 805 g/mol. The van der Waals surface area contributed by atoms with Crippen molar-refractivity contribution in [3.63, 3.8) is 0 Å². The molecular formula is C59H110O6. The van der Waals surface area contributed by atoms with Crippen LogP contribution in [-0.4, -0.2) is 37.2 Å². The predicted octanol–water partition coefficient (Wildman–Crippen LogP) is 19.1. The van der Waals surface area contributed by atoms with Crippen LogP contribution in [0.5, 0.6) is 0 Å². The van der Waals surface area contributed by atoms with Gasteiger partial charge in [-0.05, 0) is 51.4 Å². The summed E-state index contributed by atoms with van der Waals surface area (Å²) in [5.41, 5.74) is 0. The van der Waals surface area contributed by atoms with Crippen molar-refractivity contribution in [1.82, 2.24) is 0 Å². The molecule has 0 saturated heterocycles. The number of ether oxygens (including phenoxy) is 3. The minimum Gasteiger partial charge on any atom is -0.462 e. The first-order valence-corrected chi connectivity index (χ1v) is 28.8. The van der Waals surface area contributed by atoms with Crippen molar-refractivity contribution in [2.75, 3.05) is 13.2 Å². The van der Waals surface area contributed by atoms with Crippen LogP contribution in [0.15, 0.2) is 24.3 Å². The topological polar surface area (TPSA) is 78.9 Å². The molecule has 0 aliphatic rings. The molecule has 0 saturated carbocycles. The Balaban J connectivity index is 4.06. The van der Waals surface area contributed by atoms with E-state index in [1.165, 1.54) is 205 Å². The van der Waals surface area contributed by atoms with Crippen molar-refractivity contribution in [3.8, 4) is 0 Å². The number of allylic oxidation sites excluding steroid dienone is 4. The predicted molar refractivity (Wildman–Crippen MR) is 279 cm³/mol. The summed E-state index contributed by atoms with van der Waals surface area (Å²) in [6, 6.07) is 0. The molecule has 1 unspecified atom stereocenters. The van der Waals surface area contributed by atoms with E-state index in [0.29, 0.717) is 19.3 Å². The summed E-state index contributed by atoms with van der Waals surface area (Å²) in [5, 5.41) is 0. The second-order valence-corrected chi connectivity index (χ2v) is 19.6. The van der Waals surface area contributed by atoms with E-state index in [1.54, 1.807) is 0 Å². The van der Waals surface area contributed by atoms with Gasteiger partial charge in [0.25, 0.3) is 0 Å². The number of esters is 3. The number of hydrogen-bond acceptors (Lipinski definition) is 6. The molecule has 0 aliphatic heterocycles. The van der Waals surface area contributed by atoms with Crippen molar-refractivity contribution in [2.24, 2.45) is 0 Å². The van der Waals surface area contributed by atoms with E-state index in [9.17, 15) is 14.4 Å². The SMILES string of the molecule is CCCCCCC/C=C\C/C=C\CCCCCCCCCCCC(=O)OCC(COC(=O)CCCCCCC)OC(=O)CCCCCCCCCCCCCCCCCCCCCCC. The fourth-order valence-electron chi connectivity index (χ4n) is 8.59. The second-order valence-electron chi connectivity index (χ2n) is 19.6. The highest BCUT2D eigenvalue weighted by atomic mass is 16.6. The van der Waals surface area contributed by atoms with Crippen LogP contribution in [0.1, 0.15) is 316 Å². The molecule has 0 fully saturated rings. The Morgan fingerprint density at radius 1 is 0.308 bits per heavy atom. The lowest BCUT2D eigenvalue weighted by Crippen LogP contribution is -2.30. The number of rotatable bonds is 53. The van der Waals surface area contributed by atoms with E-state index in [2.05, 4.69) is 45.1 Å². The molecule has 0 spiro atoms. The first-order valence-electron chi connectivity index (χ1n) is 28.8. The smallest absolute Gasteiger partial charge is 0.306 e. The van der Waals surface area contributed by atoms with Gasteiger partial charge in [-0.3, -0.25) is 14.4 Å². The lowest BCUT2D eigenvalue weighted by atomic mass is 10.0. The van der Waals surface area contributed by atoms with Gasteiger partial charge in [0.15, 0.2) is 6.10 Å². The highest BCUT2D eigenvalue weighted by molar-refractivity contribution is 5.71. The van der Waals surface area contributed by atoms with E-state index in [1.807, 2.05) is 0 Å². The van der Waals surface area contributed by atoms with E-state index < -0.39 is 6.10 Å². The maximum atomic E-state index is 12.8. The van der Waals surface area contributed by atoms with Crippen molar-refractivity contribution in [3.05, 3.63) is 24.3 Å². The summed E-state index contributed by atoms with van der Waals surface area (Å²) >= 11 is 0. The highest BCUT2D eigenvalue weighted by Crippen LogP contribution is 2.17. The van der Waals surface area contributed by atoms with Gasteiger partial charge in [0.1, 0.15) is 13.2 Å². The van der Waals surface area contributed by atoms with Gasteiger partial charge in [-0.1, -0.05) is 270 Å². The van der Waals surface area contributed by atoms with Gasteiger partial charge in [0, 0.05) is 19.3 Å². The Labute approximate surface area is 404 Å². The molecule has 0 aromatic heterocycles. The maximum absolute atomic E-state index is 12.8. The Bertz CT molecular complexity index is 1050. The number of unbranched alkanes of at least 4 members (excludes halogenated alkanes) is 38. The minimum absolute atomic E-state index is 0.0697. The van der Waals surface area contributed by atoms with Crippen LogP contribution < -0.4 is 0 Å². The quantitative estimate of drug-likeness (QED) is 0.0262. The summed E-state index contributed by atoms with van der Waals surface area (Å²) in [6.45, 7) is 6.59. The zero-order valence-corrected chi connectivity index (χ0v) is 43.8. The monoisotopic (exact) mass is 915 g/mol. The average molecular weight is 916 g/mol. The van der Waals surface area contributed by atoms with Crippen molar-refractivity contribution >= 4 is 17.9 Å². The van der Waals surface area contributed by atoms with Crippen molar-refractivity contribution < 1.29 is 28.6 Å². The summed E-state index contributed by atoms with van der Waals surface area (Å²) in [7, 11) is 0. The largest absolute Gasteiger partial charge is 0.462 e. The molecule has 0 aliphatic carbocycles. The third kappa shape index (κ3) is 52.7. The fraction of sp³-hybridized carbons (Fsp3) is 0.881. The van der Waals surface area contributed by atoms with Crippen molar-refractivity contribution in [1.29, 1.82) is 0 Å². The summed E-state index contributed by atoms with van der Waals surface area (Å²) in [5.74, 6) is -0.869. The molecule has 0 amide bonds. The van der Waals surface area contributed by atoms with E-state index >= 15 is 0 Å². The van der Waals surface area contributed by atoms with Gasteiger partial charge >= 0.3 is 17.9 Å². The van der Waals surface area contributed by atoms with Crippen LogP contribution in [0.3, 0.4) is 0 Å². The first kappa shape index (κ1) is 62.9. The first-order chi connectivity index (χ1) is 32.0. The fourth-order valence-corrected chi connectivity index (χ4v) is 8.59. The van der Waals surface area contributed by atoms with E-state index in [4.69, 9.17) is 14.2 Å². The molecule has 0 heterocycles. The lowest BCUT2D eigenvalue weighted by molar-refractivity contribution is -0.167. The van der Waals surface area contributed by atoms with E-state index in [0.717, 1.165) is 70.6 Å². The van der Waals surface area contributed by atoms with Crippen LogP contribution >= 0.6 is 0 Å². The highest BCUT2D eigenvalue weighted by Gasteiger charge is 2.19. The van der Waals surface area contributed by atoms with Gasteiger partial charge in [0.05, 0.1) is 0 Å². The molecule has 0 aromatic carbocycles. The molecule has 0 rings (SSSR count). The van der Waals surface area contributed by atoms with Crippen LogP contribution in [-0.2, 0) is 28.6 Å². The molecule has 382 valence electrons. The summed E-state index contributed by atoms with van der Waals surface area (Å²) < 4.78 is 16.7.